The molecular weight excluding hydrogens is 403 g/mol. The van der Waals surface area contributed by atoms with Gasteiger partial charge in [-0.15, -0.1) is 13.2 Å². The number of benzene rings is 2. The molecule has 0 atom stereocenters. The molecule has 1 amide bonds. The highest BCUT2D eigenvalue weighted by Gasteiger charge is 2.31. The van der Waals surface area contributed by atoms with Gasteiger partial charge in [-0.3, -0.25) is 5.32 Å². The highest BCUT2D eigenvalue weighted by atomic mass is 19.4. The number of hydrogen-bond acceptors (Lipinski definition) is 5. The predicted molar refractivity (Wildman–Crippen MR) is 103 cm³/mol. The molecule has 2 aromatic carbocycles. The van der Waals surface area contributed by atoms with Crippen LogP contribution in [0.1, 0.15) is 0 Å². The molecule has 0 unspecified atom stereocenters. The molecule has 0 radical (unpaired) electrons. The zero-order chi connectivity index (χ0) is 21.6. The van der Waals surface area contributed by atoms with Gasteiger partial charge in [0.05, 0.1) is 18.5 Å². The zero-order valence-electron chi connectivity index (χ0n) is 15.8. The number of H-pyrrole nitrogens is 1. The summed E-state index contributed by atoms with van der Waals surface area (Å²) in [5.41, 5.74) is 2.47. The lowest BCUT2D eigenvalue weighted by molar-refractivity contribution is -0.274. The van der Waals surface area contributed by atoms with Crippen molar-refractivity contribution in [1.29, 1.82) is 0 Å². The normalized spacial score (nSPS) is 11.2. The number of amides is 1. The van der Waals surface area contributed by atoms with E-state index < -0.39 is 12.5 Å². The number of imidazole rings is 1. The summed E-state index contributed by atoms with van der Waals surface area (Å²) < 4.78 is 50.4. The first-order chi connectivity index (χ1) is 14.3. The van der Waals surface area contributed by atoms with Crippen LogP contribution in [-0.2, 0) is 9.47 Å². The van der Waals surface area contributed by atoms with Crippen LogP contribution >= 0.6 is 0 Å². The van der Waals surface area contributed by atoms with Crippen molar-refractivity contribution in [2.45, 2.75) is 6.36 Å². The number of carbonyl (C=O) groups excluding carboxylic acids is 1. The van der Waals surface area contributed by atoms with E-state index in [1.54, 1.807) is 30.5 Å². The number of alkyl halides is 3. The van der Waals surface area contributed by atoms with Crippen molar-refractivity contribution in [3.05, 3.63) is 54.7 Å². The number of rotatable bonds is 7. The maximum atomic E-state index is 12.3. The van der Waals surface area contributed by atoms with Gasteiger partial charge in [-0.05, 0) is 42.0 Å². The molecule has 0 aliphatic rings. The second kappa shape index (κ2) is 9.31. The number of nitrogens with zero attached hydrogens (tertiary/aromatic N) is 1. The SMILES string of the molecule is COCCOC(=O)Nc1cccc(-c2ncc(-c3ccc(OC(F)(F)F)cc3)[nH]2)c1. The van der Waals surface area contributed by atoms with Crippen molar-refractivity contribution >= 4 is 11.8 Å². The molecule has 2 N–H and O–H groups in total. The summed E-state index contributed by atoms with van der Waals surface area (Å²) in [6.07, 6.45) is -3.78. The fraction of sp³-hybridized carbons (Fsp3) is 0.200. The molecule has 0 bridgehead atoms. The van der Waals surface area contributed by atoms with Crippen LogP contribution in [0.25, 0.3) is 22.6 Å². The summed E-state index contributed by atoms with van der Waals surface area (Å²) in [7, 11) is 1.51. The van der Waals surface area contributed by atoms with Gasteiger partial charge in [-0.1, -0.05) is 12.1 Å². The van der Waals surface area contributed by atoms with Gasteiger partial charge in [-0.25, -0.2) is 9.78 Å². The number of carbonyl (C=O) groups is 1. The number of ether oxygens (including phenoxy) is 3. The lowest BCUT2D eigenvalue weighted by Crippen LogP contribution is -2.16. The molecule has 30 heavy (non-hydrogen) atoms. The van der Waals surface area contributed by atoms with Crippen molar-refractivity contribution in [3.8, 4) is 28.4 Å². The van der Waals surface area contributed by atoms with E-state index in [9.17, 15) is 18.0 Å². The maximum Gasteiger partial charge on any atom is 0.573 e. The van der Waals surface area contributed by atoms with Crippen LogP contribution in [0.15, 0.2) is 54.7 Å². The molecule has 1 heterocycles. The molecule has 0 saturated carbocycles. The Morgan fingerprint density at radius 3 is 2.57 bits per heavy atom. The second-order valence-electron chi connectivity index (χ2n) is 6.05. The van der Waals surface area contributed by atoms with Crippen LogP contribution in [0, 0.1) is 0 Å². The molecule has 0 spiro atoms. The van der Waals surface area contributed by atoms with Gasteiger partial charge >= 0.3 is 12.5 Å². The summed E-state index contributed by atoms with van der Waals surface area (Å²) in [5.74, 6) is 0.221. The molecule has 10 heteroatoms. The molecule has 1 aromatic heterocycles. The smallest absolute Gasteiger partial charge is 0.447 e. The predicted octanol–water partition coefficient (Wildman–Crippen LogP) is 4.84. The first-order valence-corrected chi connectivity index (χ1v) is 8.78. The first kappa shape index (κ1) is 21.2. The Bertz CT molecular complexity index is 987. The van der Waals surface area contributed by atoms with Gasteiger partial charge in [-0.2, -0.15) is 0 Å². The zero-order valence-corrected chi connectivity index (χ0v) is 15.8. The van der Waals surface area contributed by atoms with E-state index in [1.807, 2.05) is 0 Å². The van der Waals surface area contributed by atoms with Crippen LogP contribution in [0.3, 0.4) is 0 Å². The summed E-state index contributed by atoms with van der Waals surface area (Å²) in [5, 5.41) is 2.61. The fourth-order valence-electron chi connectivity index (χ4n) is 2.57. The topological polar surface area (TPSA) is 85.5 Å². The Morgan fingerprint density at radius 1 is 1.10 bits per heavy atom. The summed E-state index contributed by atoms with van der Waals surface area (Å²) in [6, 6.07) is 12.4. The van der Waals surface area contributed by atoms with E-state index >= 15 is 0 Å². The monoisotopic (exact) mass is 421 g/mol. The van der Waals surface area contributed by atoms with Crippen LogP contribution in [-0.4, -0.2) is 42.7 Å². The Morgan fingerprint density at radius 2 is 1.87 bits per heavy atom. The molecule has 3 aromatic rings. The Labute approximate surface area is 169 Å². The number of hydrogen-bond donors (Lipinski definition) is 2. The summed E-state index contributed by atoms with van der Waals surface area (Å²) >= 11 is 0. The third-order valence-electron chi connectivity index (χ3n) is 3.88. The van der Waals surface area contributed by atoms with Gasteiger partial charge in [0.1, 0.15) is 18.2 Å². The largest absolute Gasteiger partial charge is 0.573 e. The molecule has 158 valence electrons. The van der Waals surface area contributed by atoms with E-state index in [2.05, 4.69) is 20.0 Å². The Kier molecular flexibility index (Phi) is 6.58. The average Bonchev–Trinajstić information content (AvgIpc) is 3.18. The lowest BCUT2D eigenvalue weighted by atomic mass is 10.1. The number of anilines is 1. The van der Waals surface area contributed by atoms with E-state index in [1.165, 1.54) is 31.4 Å². The summed E-state index contributed by atoms with van der Waals surface area (Å²) in [4.78, 5) is 19.1. The third-order valence-corrected chi connectivity index (χ3v) is 3.88. The van der Waals surface area contributed by atoms with E-state index in [-0.39, 0.29) is 12.4 Å². The third kappa shape index (κ3) is 5.98. The van der Waals surface area contributed by atoms with Gasteiger partial charge in [0.2, 0.25) is 0 Å². The van der Waals surface area contributed by atoms with E-state index in [0.717, 1.165) is 0 Å². The van der Waals surface area contributed by atoms with E-state index in [4.69, 9.17) is 9.47 Å². The minimum Gasteiger partial charge on any atom is -0.447 e. The number of halogens is 3. The molecule has 0 fully saturated rings. The lowest BCUT2D eigenvalue weighted by Gasteiger charge is -2.09. The van der Waals surface area contributed by atoms with Crippen LogP contribution in [0.2, 0.25) is 0 Å². The molecule has 0 aliphatic heterocycles. The van der Waals surface area contributed by atoms with Gasteiger partial charge in [0.25, 0.3) is 0 Å². The molecule has 7 nitrogen and oxygen atoms in total. The first-order valence-electron chi connectivity index (χ1n) is 8.78. The fourth-order valence-corrected chi connectivity index (χ4v) is 2.57. The van der Waals surface area contributed by atoms with E-state index in [0.29, 0.717) is 34.9 Å². The standard InChI is InChI=1S/C20H18F3N3O4/c1-28-9-10-29-19(27)25-15-4-2-3-14(11-15)18-24-12-17(26-18)13-5-7-16(8-6-13)30-20(21,22)23/h2-8,11-12H,9-10H2,1H3,(H,24,26)(H,25,27). The van der Waals surface area contributed by atoms with Crippen LogP contribution < -0.4 is 10.1 Å². The highest BCUT2D eigenvalue weighted by Crippen LogP contribution is 2.27. The van der Waals surface area contributed by atoms with Crippen LogP contribution in [0.5, 0.6) is 5.75 Å². The van der Waals surface area contributed by atoms with Crippen LogP contribution in [0.4, 0.5) is 23.7 Å². The van der Waals surface area contributed by atoms with Crippen molar-refractivity contribution < 1.29 is 32.2 Å². The Balaban J connectivity index is 1.69. The number of aromatic amines is 1. The number of aromatic nitrogens is 2. The second-order valence-corrected chi connectivity index (χ2v) is 6.05. The quantitative estimate of drug-likeness (QED) is 0.534. The molecule has 3 rings (SSSR count). The van der Waals surface area contributed by atoms with Crippen molar-refractivity contribution in [2.75, 3.05) is 25.6 Å². The van der Waals surface area contributed by atoms with Gasteiger partial charge < -0.3 is 19.2 Å². The summed E-state index contributed by atoms with van der Waals surface area (Å²) in [6.45, 7) is 0.433. The average molecular weight is 421 g/mol. The van der Waals surface area contributed by atoms with Crippen molar-refractivity contribution in [1.82, 2.24) is 9.97 Å². The van der Waals surface area contributed by atoms with Crippen molar-refractivity contribution in [2.24, 2.45) is 0 Å². The Hall–Kier alpha value is -3.53. The molecular formula is C20H18F3N3O4. The minimum atomic E-state index is -4.74. The maximum absolute atomic E-state index is 12.3. The highest BCUT2D eigenvalue weighted by molar-refractivity contribution is 5.85. The molecule has 0 saturated heterocycles. The number of nitrogens with one attached hydrogen (secondary N) is 2. The number of methoxy groups -OCH3 is 1. The molecule has 0 aliphatic carbocycles. The van der Waals surface area contributed by atoms with Gasteiger partial charge in [0, 0.05) is 18.4 Å². The minimum absolute atomic E-state index is 0.135. The van der Waals surface area contributed by atoms with Crippen molar-refractivity contribution in [3.63, 3.8) is 0 Å². The van der Waals surface area contributed by atoms with Gasteiger partial charge in [0.15, 0.2) is 0 Å².